The number of rotatable bonds is 3. The van der Waals surface area contributed by atoms with Crippen molar-refractivity contribution in [1.82, 2.24) is 9.29 Å². The number of hydrogen-bond donors (Lipinski definition) is 0. The first-order valence-corrected chi connectivity index (χ1v) is 10.4. The van der Waals surface area contributed by atoms with Crippen LogP contribution in [0.25, 0.3) is 0 Å². The molecule has 3 heterocycles. The fourth-order valence-electron chi connectivity index (χ4n) is 3.20. The van der Waals surface area contributed by atoms with E-state index in [1.165, 1.54) is 0 Å². The topological polar surface area (TPSA) is 53.5 Å². The van der Waals surface area contributed by atoms with Gasteiger partial charge in [0.2, 0.25) is 10.0 Å². The van der Waals surface area contributed by atoms with Crippen molar-refractivity contribution in [3.63, 3.8) is 0 Å². The summed E-state index contributed by atoms with van der Waals surface area (Å²) < 4.78 is 27.6. The smallest absolute Gasteiger partial charge is 0.244 e. The van der Waals surface area contributed by atoms with Gasteiger partial charge in [-0.3, -0.25) is 4.98 Å². The summed E-state index contributed by atoms with van der Waals surface area (Å²) in [6.07, 6.45) is 4.47. The Bertz CT molecular complexity index is 830. The molecule has 0 radical (unpaired) electrons. The molecule has 1 aliphatic rings. The van der Waals surface area contributed by atoms with Crippen molar-refractivity contribution >= 4 is 27.0 Å². The summed E-state index contributed by atoms with van der Waals surface area (Å²) in [5.41, 5.74) is 2.27. The third-order valence-electron chi connectivity index (χ3n) is 4.40. The first-order chi connectivity index (χ1) is 11.4. The van der Waals surface area contributed by atoms with Crippen molar-refractivity contribution in [3.05, 3.63) is 39.8 Å². The summed E-state index contributed by atoms with van der Waals surface area (Å²) in [4.78, 5) is 8.78. The van der Waals surface area contributed by atoms with Gasteiger partial charge in [0, 0.05) is 54.0 Å². The van der Waals surface area contributed by atoms with Crippen LogP contribution in [0.15, 0.2) is 29.4 Å². The third kappa shape index (κ3) is 3.34. The van der Waals surface area contributed by atoms with E-state index in [4.69, 9.17) is 0 Å². The van der Waals surface area contributed by atoms with Crippen LogP contribution in [0.5, 0.6) is 0 Å². The quantitative estimate of drug-likeness (QED) is 0.839. The molecule has 0 amide bonds. The normalized spacial score (nSPS) is 17.0. The van der Waals surface area contributed by atoms with E-state index in [-0.39, 0.29) is 0 Å². The molecule has 7 heteroatoms. The Balaban J connectivity index is 1.81. The van der Waals surface area contributed by atoms with Gasteiger partial charge >= 0.3 is 0 Å². The number of hydrogen-bond acceptors (Lipinski definition) is 5. The molecule has 24 heavy (non-hydrogen) atoms. The van der Waals surface area contributed by atoms with Crippen molar-refractivity contribution in [2.45, 2.75) is 32.1 Å². The van der Waals surface area contributed by atoms with E-state index < -0.39 is 10.0 Å². The van der Waals surface area contributed by atoms with Crippen LogP contribution in [0, 0.1) is 20.8 Å². The molecule has 0 aliphatic carbocycles. The van der Waals surface area contributed by atoms with E-state index in [1.807, 2.05) is 33.0 Å². The monoisotopic (exact) mass is 365 g/mol. The van der Waals surface area contributed by atoms with Gasteiger partial charge in [-0.1, -0.05) is 0 Å². The Labute approximate surface area is 148 Å². The predicted molar refractivity (Wildman–Crippen MR) is 98.4 cm³/mol. The van der Waals surface area contributed by atoms with Crippen LogP contribution in [0.3, 0.4) is 0 Å². The molecule has 130 valence electrons. The summed E-state index contributed by atoms with van der Waals surface area (Å²) >= 11 is 1.54. The van der Waals surface area contributed by atoms with Gasteiger partial charge in [0.05, 0.1) is 4.90 Å². The second kappa shape index (κ2) is 6.82. The van der Waals surface area contributed by atoms with E-state index in [0.717, 1.165) is 34.0 Å². The van der Waals surface area contributed by atoms with Crippen molar-refractivity contribution in [3.8, 4) is 0 Å². The molecule has 1 aliphatic heterocycles. The van der Waals surface area contributed by atoms with Gasteiger partial charge in [0.25, 0.3) is 0 Å². The highest BCUT2D eigenvalue weighted by molar-refractivity contribution is 7.89. The average Bonchev–Trinajstić information content (AvgIpc) is 2.75. The Morgan fingerprint density at radius 2 is 1.92 bits per heavy atom. The van der Waals surface area contributed by atoms with Gasteiger partial charge in [-0.2, -0.15) is 4.31 Å². The highest BCUT2D eigenvalue weighted by Crippen LogP contribution is 2.29. The van der Waals surface area contributed by atoms with Crippen molar-refractivity contribution in [2.75, 3.05) is 31.1 Å². The van der Waals surface area contributed by atoms with E-state index in [2.05, 4.69) is 9.88 Å². The maximum absolute atomic E-state index is 13.0. The van der Waals surface area contributed by atoms with Crippen molar-refractivity contribution in [1.29, 1.82) is 0 Å². The second-order valence-corrected chi connectivity index (χ2v) is 9.55. The minimum atomic E-state index is -3.41. The molecule has 0 saturated carbocycles. The lowest BCUT2D eigenvalue weighted by molar-refractivity contribution is 0.433. The van der Waals surface area contributed by atoms with Gasteiger partial charge in [-0.15, -0.1) is 11.3 Å². The van der Waals surface area contributed by atoms with Crippen molar-refractivity contribution in [2.24, 2.45) is 0 Å². The molecular weight excluding hydrogens is 342 g/mol. The highest BCUT2D eigenvalue weighted by atomic mass is 32.2. The molecule has 0 atom stereocenters. The fraction of sp³-hybridized carbons (Fsp3) is 0.471. The lowest BCUT2D eigenvalue weighted by atomic mass is 10.2. The molecule has 5 nitrogen and oxygen atoms in total. The molecular formula is C17H23N3O2S2. The van der Waals surface area contributed by atoms with Crippen LogP contribution in [-0.4, -0.2) is 43.9 Å². The van der Waals surface area contributed by atoms with Crippen LogP contribution in [-0.2, 0) is 10.0 Å². The fourth-order valence-corrected chi connectivity index (χ4v) is 6.19. The molecule has 0 aromatic carbocycles. The minimum absolute atomic E-state index is 0.471. The molecule has 0 bridgehead atoms. The van der Waals surface area contributed by atoms with E-state index in [0.29, 0.717) is 24.5 Å². The van der Waals surface area contributed by atoms with Crippen LogP contribution in [0.4, 0.5) is 5.69 Å². The van der Waals surface area contributed by atoms with Crippen LogP contribution in [0.1, 0.15) is 21.7 Å². The standard InChI is InChI=1S/C17H23N3O2S2/c1-13-12-18-6-5-16(13)19-7-4-8-20(10-9-19)24(21,22)17-11-14(2)23-15(17)3/h5-6,11-12H,4,7-10H2,1-3H3. The Morgan fingerprint density at radius 1 is 1.12 bits per heavy atom. The summed E-state index contributed by atoms with van der Waals surface area (Å²) in [5, 5.41) is 0. The van der Waals surface area contributed by atoms with Crippen LogP contribution < -0.4 is 4.90 Å². The first kappa shape index (κ1) is 17.4. The molecule has 3 rings (SSSR count). The summed E-state index contributed by atoms with van der Waals surface area (Å²) in [7, 11) is -3.41. The average molecular weight is 366 g/mol. The largest absolute Gasteiger partial charge is 0.370 e. The zero-order valence-electron chi connectivity index (χ0n) is 14.3. The van der Waals surface area contributed by atoms with Gasteiger partial charge in [0.15, 0.2) is 0 Å². The zero-order valence-corrected chi connectivity index (χ0v) is 16.0. The van der Waals surface area contributed by atoms with Crippen molar-refractivity contribution < 1.29 is 8.42 Å². The van der Waals surface area contributed by atoms with Gasteiger partial charge in [-0.25, -0.2) is 8.42 Å². The lowest BCUT2D eigenvalue weighted by Crippen LogP contribution is -2.35. The number of aryl methyl sites for hydroxylation is 3. The Hall–Kier alpha value is -1.44. The molecule has 1 saturated heterocycles. The van der Waals surface area contributed by atoms with E-state index >= 15 is 0 Å². The molecule has 0 unspecified atom stereocenters. The maximum Gasteiger partial charge on any atom is 0.244 e. The van der Waals surface area contributed by atoms with Gasteiger partial charge < -0.3 is 4.90 Å². The number of thiophene rings is 1. The maximum atomic E-state index is 13.0. The van der Waals surface area contributed by atoms with Crippen LogP contribution in [0.2, 0.25) is 0 Å². The van der Waals surface area contributed by atoms with E-state index in [9.17, 15) is 8.42 Å². The minimum Gasteiger partial charge on any atom is -0.370 e. The number of pyridine rings is 1. The molecule has 2 aromatic heterocycles. The number of nitrogens with zero attached hydrogens (tertiary/aromatic N) is 3. The number of aromatic nitrogens is 1. The lowest BCUT2D eigenvalue weighted by Gasteiger charge is -2.24. The molecule has 2 aromatic rings. The second-order valence-electron chi connectivity index (χ2n) is 6.18. The van der Waals surface area contributed by atoms with Gasteiger partial charge in [-0.05, 0) is 44.9 Å². The third-order valence-corrected chi connectivity index (χ3v) is 7.52. The first-order valence-electron chi connectivity index (χ1n) is 8.12. The SMILES string of the molecule is Cc1cc(S(=O)(=O)N2CCCN(c3ccncc3C)CC2)c(C)s1. The Kier molecular flexibility index (Phi) is 4.94. The van der Waals surface area contributed by atoms with Crippen LogP contribution >= 0.6 is 11.3 Å². The summed E-state index contributed by atoms with van der Waals surface area (Å²) in [6, 6.07) is 3.80. The zero-order chi connectivity index (χ0) is 17.3. The van der Waals surface area contributed by atoms with E-state index in [1.54, 1.807) is 27.9 Å². The highest BCUT2D eigenvalue weighted by Gasteiger charge is 2.29. The molecule has 1 fully saturated rings. The molecule has 0 spiro atoms. The summed E-state index contributed by atoms with van der Waals surface area (Å²) in [6.45, 7) is 8.52. The number of sulfonamides is 1. The van der Waals surface area contributed by atoms with Gasteiger partial charge in [0.1, 0.15) is 0 Å². The number of anilines is 1. The Morgan fingerprint density at radius 3 is 2.58 bits per heavy atom. The summed E-state index contributed by atoms with van der Waals surface area (Å²) in [5.74, 6) is 0. The predicted octanol–water partition coefficient (Wildman–Crippen LogP) is 2.97. The molecule has 0 N–H and O–H groups in total.